The molecule has 0 saturated carbocycles. The Balaban J connectivity index is 2.71. The molecule has 0 saturated heterocycles. The molecule has 1 unspecified atom stereocenters. The highest BCUT2D eigenvalue weighted by Crippen LogP contribution is 2.21. The first-order valence-electron chi connectivity index (χ1n) is 4.77. The van der Waals surface area contributed by atoms with Gasteiger partial charge in [0.2, 0.25) is 0 Å². The summed E-state index contributed by atoms with van der Waals surface area (Å²) in [6, 6.07) is 8.85. The maximum absolute atomic E-state index is 5.84. The third-order valence-electron chi connectivity index (χ3n) is 2.10. The van der Waals surface area contributed by atoms with E-state index in [0.29, 0.717) is 5.88 Å². The van der Waals surface area contributed by atoms with Crippen LogP contribution in [0.3, 0.4) is 0 Å². The van der Waals surface area contributed by atoms with Crippen molar-refractivity contribution in [3.8, 4) is 0 Å². The summed E-state index contributed by atoms with van der Waals surface area (Å²) in [5, 5.41) is 3.18. The molecule has 1 N–H and O–H groups in total. The van der Waals surface area contributed by atoms with Gasteiger partial charge in [0.25, 0.3) is 0 Å². The van der Waals surface area contributed by atoms with Crippen molar-refractivity contribution in [1.29, 1.82) is 0 Å². The van der Waals surface area contributed by atoms with Gasteiger partial charge in [0, 0.05) is 16.8 Å². The first kappa shape index (κ1) is 11.9. The van der Waals surface area contributed by atoms with E-state index in [0.717, 1.165) is 5.75 Å². The smallest absolute Gasteiger partial charge is 0.0455 e. The molecule has 0 bridgehead atoms. The first-order chi connectivity index (χ1) is 6.81. The second-order valence-corrected chi connectivity index (χ2v) is 4.64. The predicted molar refractivity (Wildman–Crippen MR) is 65.4 cm³/mol. The molecule has 14 heavy (non-hydrogen) atoms. The summed E-state index contributed by atoms with van der Waals surface area (Å²) in [5.41, 5.74) is 1.25. The van der Waals surface area contributed by atoms with Gasteiger partial charge in [0.05, 0.1) is 0 Å². The Morgan fingerprint density at radius 3 is 2.43 bits per heavy atom. The van der Waals surface area contributed by atoms with Gasteiger partial charge in [-0.05, 0) is 30.5 Å². The Labute approximate surface area is 95.2 Å². The van der Waals surface area contributed by atoms with E-state index >= 15 is 0 Å². The Kier molecular flexibility index (Phi) is 5.38. The van der Waals surface area contributed by atoms with Gasteiger partial charge >= 0.3 is 0 Å². The van der Waals surface area contributed by atoms with Crippen LogP contribution in [0.1, 0.15) is 18.5 Å². The average Bonchev–Trinajstić information content (AvgIpc) is 2.23. The van der Waals surface area contributed by atoms with E-state index in [1.807, 2.05) is 18.8 Å². The molecule has 3 heteroatoms. The maximum atomic E-state index is 5.84. The van der Waals surface area contributed by atoms with Gasteiger partial charge in [-0.15, -0.1) is 23.4 Å². The highest BCUT2D eigenvalue weighted by molar-refractivity contribution is 7.99. The minimum Gasteiger partial charge on any atom is -0.312 e. The first-order valence-corrected chi connectivity index (χ1v) is 6.29. The maximum Gasteiger partial charge on any atom is 0.0455 e. The largest absolute Gasteiger partial charge is 0.312 e. The molecule has 0 fully saturated rings. The van der Waals surface area contributed by atoms with E-state index in [1.165, 1.54) is 10.5 Å². The van der Waals surface area contributed by atoms with Gasteiger partial charge in [-0.3, -0.25) is 0 Å². The minimum atomic E-state index is 0.261. The molecule has 0 spiro atoms. The van der Waals surface area contributed by atoms with Crippen LogP contribution in [0.5, 0.6) is 0 Å². The van der Waals surface area contributed by atoms with E-state index in [1.54, 1.807) is 0 Å². The van der Waals surface area contributed by atoms with Crippen molar-refractivity contribution in [2.75, 3.05) is 18.7 Å². The van der Waals surface area contributed by atoms with Crippen LogP contribution in [-0.4, -0.2) is 18.7 Å². The van der Waals surface area contributed by atoms with Crippen LogP contribution in [0.2, 0.25) is 0 Å². The molecule has 0 amide bonds. The quantitative estimate of drug-likeness (QED) is 0.614. The summed E-state index contributed by atoms with van der Waals surface area (Å²) < 4.78 is 0. The Morgan fingerprint density at radius 1 is 1.36 bits per heavy atom. The van der Waals surface area contributed by atoms with E-state index in [2.05, 4.69) is 36.5 Å². The third-order valence-corrected chi connectivity index (χ3v) is 3.30. The van der Waals surface area contributed by atoms with Gasteiger partial charge in [-0.2, -0.15) is 0 Å². The zero-order valence-electron chi connectivity index (χ0n) is 8.59. The van der Waals surface area contributed by atoms with Gasteiger partial charge in [0.1, 0.15) is 0 Å². The molecule has 0 heterocycles. The fourth-order valence-corrected chi connectivity index (χ4v) is 2.29. The molecule has 78 valence electrons. The zero-order chi connectivity index (χ0) is 10.4. The van der Waals surface area contributed by atoms with Crippen LogP contribution < -0.4 is 5.32 Å². The number of hydrogen-bond acceptors (Lipinski definition) is 2. The second kappa shape index (κ2) is 6.33. The van der Waals surface area contributed by atoms with Gasteiger partial charge in [0.15, 0.2) is 0 Å². The second-order valence-electron chi connectivity index (χ2n) is 3.00. The van der Waals surface area contributed by atoms with E-state index in [9.17, 15) is 0 Å². The number of halogens is 1. The number of thioether (sulfide) groups is 1. The summed E-state index contributed by atoms with van der Waals surface area (Å²) >= 11 is 7.69. The number of nitrogens with one attached hydrogen (secondary N) is 1. The van der Waals surface area contributed by atoms with Crippen molar-refractivity contribution >= 4 is 23.4 Å². The summed E-state index contributed by atoms with van der Waals surface area (Å²) in [6.07, 6.45) is 0. The molecular formula is C11H16ClNS. The lowest BCUT2D eigenvalue weighted by Gasteiger charge is -2.13. The third kappa shape index (κ3) is 3.19. The zero-order valence-corrected chi connectivity index (χ0v) is 10.2. The molecule has 1 rings (SSSR count). The number of alkyl halides is 1. The van der Waals surface area contributed by atoms with E-state index in [-0.39, 0.29) is 6.04 Å². The molecule has 0 aliphatic carbocycles. The van der Waals surface area contributed by atoms with Gasteiger partial charge in [-0.25, -0.2) is 0 Å². The molecule has 1 aromatic carbocycles. The van der Waals surface area contributed by atoms with Crippen LogP contribution in [0, 0.1) is 0 Å². The summed E-state index contributed by atoms with van der Waals surface area (Å²) in [7, 11) is 1.93. The lowest BCUT2D eigenvalue weighted by Crippen LogP contribution is -2.17. The van der Waals surface area contributed by atoms with E-state index < -0.39 is 0 Å². The standard InChI is InChI=1S/C11H16ClNS/c1-3-14-10-6-4-9(5-7-10)11(8-12)13-2/h4-7,11,13H,3,8H2,1-2H3. The van der Waals surface area contributed by atoms with Crippen LogP contribution in [0.4, 0.5) is 0 Å². The Morgan fingerprint density at radius 2 is 2.00 bits per heavy atom. The van der Waals surface area contributed by atoms with E-state index in [4.69, 9.17) is 11.6 Å². The summed E-state index contributed by atoms with van der Waals surface area (Å²) in [5.74, 6) is 1.72. The monoisotopic (exact) mass is 229 g/mol. The molecule has 0 radical (unpaired) electrons. The topological polar surface area (TPSA) is 12.0 Å². The van der Waals surface area contributed by atoms with Crippen LogP contribution in [0.25, 0.3) is 0 Å². The molecule has 0 aromatic heterocycles. The van der Waals surface area contributed by atoms with Crippen molar-refractivity contribution in [2.45, 2.75) is 17.9 Å². The van der Waals surface area contributed by atoms with Gasteiger partial charge < -0.3 is 5.32 Å². The van der Waals surface area contributed by atoms with Crippen LogP contribution in [0.15, 0.2) is 29.2 Å². The highest BCUT2D eigenvalue weighted by Gasteiger charge is 2.06. The molecule has 1 atom stereocenters. The molecule has 1 aromatic rings. The predicted octanol–water partition coefficient (Wildman–Crippen LogP) is 3.30. The SMILES string of the molecule is CCSc1ccc(C(CCl)NC)cc1. The average molecular weight is 230 g/mol. The van der Waals surface area contributed by atoms with Crippen molar-refractivity contribution in [2.24, 2.45) is 0 Å². The molecule has 0 aliphatic rings. The Hall–Kier alpha value is -0.180. The Bertz CT molecular complexity index is 256. The fourth-order valence-electron chi connectivity index (χ4n) is 1.30. The van der Waals surface area contributed by atoms with Crippen molar-refractivity contribution in [1.82, 2.24) is 5.32 Å². The lowest BCUT2D eigenvalue weighted by molar-refractivity contribution is 0.658. The molecular weight excluding hydrogens is 214 g/mol. The number of rotatable bonds is 5. The number of hydrogen-bond donors (Lipinski definition) is 1. The highest BCUT2D eigenvalue weighted by atomic mass is 35.5. The van der Waals surface area contributed by atoms with Gasteiger partial charge in [-0.1, -0.05) is 19.1 Å². The molecule has 1 nitrogen and oxygen atoms in total. The fraction of sp³-hybridized carbons (Fsp3) is 0.455. The number of benzene rings is 1. The van der Waals surface area contributed by atoms with Crippen molar-refractivity contribution in [3.63, 3.8) is 0 Å². The van der Waals surface area contributed by atoms with Crippen LogP contribution in [-0.2, 0) is 0 Å². The lowest BCUT2D eigenvalue weighted by atomic mass is 10.1. The molecule has 0 aliphatic heterocycles. The summed E-state index contributed by atoms with van der Waals surface area (Å²) in [6.45, 7) is 2.16. The van der Waals surface area contributed by atoms with Crippen LogP contribution >= 0.6 is 23.4 Å². The summed E-state index contributed by atoms with van der Waals surface area (Å²) in [4.78, 5) is 1.32. The van der Waals surface area contributed by atoms with Crippen molar-refractivity contribution in [3.05, 3.63) is 29.8 Å². The minimum absolute atomic E-state index is 0.261. The van der Waals surface area contributed by atoms with Crippen molar-refractivity contribution < 1.29 is 0 Å². The normalized spacial score (nSPS) is 12.8.